The minimum atomic E-state index is 0.0735. The van der Waals surface area contributed by atoms with Crippen LogP contribution < -0.4 is 5.32 Å². The molecule has 1 aromatic heterocycles. The summed E-state index contributed by atoms with van der Waals surface area (Å²) in [5.41, 5.74) is 1.71. The number of nitrogens with zero attached hydrogens (tertiary/aromatic N) is 2. The highest BCUT2D eigenvalue weighted by Crippen LogP contribution is 2.53. The van der Waals surface area contributed by atoms with Crippen molar-refractivity contribution < 1.29 is 4.79 Å². The molecule has 5 saturated carbocycles. The topological polar surface area (TPSA) is 54.9 Å². The van der Waals surface area contributed by atoms with Crippen LogP contribution >= 0.6 is 0 Å². The van der Waals surface area contributed by atoms with Gasteiger partial charge in [-0.25, -0.2) is 9.97 Å². The molecule has 23 heavy (non-hydrogen) atoms. The maximum absolute atomic E-state index is 12.9. The summed E-state index contributed by atoms with van der Waals surface area (Å²) in [4.78, 5) is 21.8. The van der Waals surface area contributed by atoms with Crippen molar-refractivity contribution in [1.29, 1.82) is 0 Å². The Morgan fingerprint density at radius 2 is 1.74 bits per heavy atom. The lowest BCUT2D eigenvalue weighted by atomic mass is 9.54. The lowest BCUT2D eigenvalue weighted by Gasteiger charge is -2.54. The smallest absolute Gasteiger partial charge is 0.254 e. The number of carbonyl (C=O) groups excluding carboxylic acids is 1. The number of hydrogen-bond acceptors (Lipinski definition) is 3. The first kappa shape index (κ1) is 13.9. The van der Waals surface area contributed by atoms with Crippen LogP contribution in [0.25, 0.3) is 0 Å². The number of hydrogen-bond donors (Lipinski definition) is 1. The van der Waals surface area contributed by atoms with Gasteiger partial charge in [0.1, 0.15) is 5.82 Å². The Balaban J connectivity index is 1.38. The van der Waals surface area contributed by atoms with Gasteiger partial charge in [-0.2, -0.15) is 0 Å². The summed E-state index contributed by atoms with van der Waals surface area (Å²) in [6.07, 6.45) is 10.8. The van der Waals surface area contributed by atoms with Crippen LogP contribution in [0.5, 0.6) is 0 Å². The first-order chi connectivity index (χ1) is 11.2. The van der Waals surface area contributed by atoms with Crippen molar-refractivity contribution in [1.82, 2.24) is 15.3 Å². The second-order valence-electron chi connectivity index (χ2n) is 8.42. The van der Waals surface area contributed by atoms with Crippen LogP contribution in [0.2, 0.25) is 0 Å². The number of aryl methyl sites for hydroxylation is 1. The van der Waals surface area contributed by atoms with Crippen LogP contribution in [0.15, 0.2) is 6.20 Å². The Bertz CT molecular complexity index is 624. The molecule has 0 radical (unpaired) electrons. The third-order valence-corrected chi connectivity index (χ3v) is 6.67. The molecule has 122 valence electrons. The standard InChI is InChI=1S/C19H25N3O/c1-10-20-9-16(18(21-10)13-2-3-13)19(23)22-17-14-5-11-4-12(7-14)8-15(17)6-11/h9,11-15,17H,2-8H2,1H3,(H,22,23). The van der Waals surface area contributed by atoms with Gasteiger partial charge >= 0.3 is 0 Å². The van der Waals surface area contributed by atoms with E-state index in [2.05, 4.69) is 15.3 Å². The summed E-state index contributed by atoms with van der Waals surface area (Å²) in [6, 6.07) is 0.392. The minimum Gasteiger partial charge on any atom is -0.349 e. The van der Waals surface area contributed by atoms with E-state index < -0.39 is 0 Å². The number of carbonyl (C=O) groups is 1. The number of aromatic nitrogens is 2. The van der Waals surface area contributed by atoms with Crippen molar-refractivity contribution >= 4 is 5.91 Å². The summed E-state index contributed by atoms with van der Waals surface area (Å²) in [5.74, 6) is 4.64. The molecular formula is C19H25N3O. The zero-order valence-corrected chi connectivity index (χ0v) is 13.8. The largest absolute Gasteiger partial charge is 0.349 e. The van der Waals surface area contributed by atoms with Crippen molar-refractivity contribution in [3.63, 3.8) is 0 Å². The second-order valence-corrected chi connectivity index (χ2v) is 8.42. The predicted octanol–water partition coefficient (Wildman–Crippen LogP) is 3.22. The molecule has 1 heterocycles. The van der Waals surface area contributed by atoms with Gasteiger partial charge in [-0.3, -0.25) is 4.79 Å². The Morgan fingerprint density at radius 1 is 1.09 bits per heavy atom. The Morgan fingerprint density at radius 3 is 2.35 bits per heavy atom. The van der Waals surface area contributed by atoms with E-state index in [1.54, 1.807) is 6.20 Å². The maximum atomic E-state index is 12.9. The average Bonchev–Trinajstić information content (AvgIpc) is 3.34. The lowest BCUT2D eigenvalue weighted by molar-refractivity contribution is -0.0119. The molecule has 0 aromatic carbocycles. The van der Waals surface area contributed by atoms with E-state index in [1.807, 2.05) is 6.92 Å². The van der Waals surface area contributed by atoms with Crippen LogP contribution in [0.4, 0.5) is 0 Å². The quantitative estimate of drug-likeness (QED) is 0.932. The molecule has 0 unspecified atom stereocenters. The van der Waals surface area contributed by atoms with E-state index in [0.29, 0.717) is 23.8 Å². The highest BCUT2D eigenvalue weighted by atomic mass is 16.1. The molecule has 4 nitrogen and oxygen atoms in total. The van der Waals surface area contributed by atoms with Gasteiger partial charge in [0.25, 0.3) is 5.91 Å². The first-order valence-corrected chi connectivity index (χ1v) is 9.31. The normalized spacial score (nSPS) is 37.9. The van der Waals surface area contributed by atoms with Crippen LogP contribution in [0, 0.1) is 30.6 Å². The van der Waals surface area contributed by atoms with Crippen LogP contribution in [-0.2, 0) is 0 Å². The highest BCUT2D eigenvalue weighted by Gasteiger charge is 2.48. The van der Waals surface area contributed by atoms with E-state index in [0.717, 1.165) is 41.8 Å². The molecule has 6 rings (SSSR count). The molecule has 0 spiro atoms. The van der Waals surface area contributed by atoms with Crippen LogP contribution in [0.1, 0.15) is 72.7 Å². The minimum absolute atomic E-state index is 0.0735. The van der Waals surface area contributed by atoms with Gasteiger partial charge in [0, 0.05) is 18.2 Å². The fraction of sp³-hybridized carbons (Fsp3) is 0.737. The van der Waals surface area contributed by atoms with E-state index in [4.69, 9.17) is 0 Å². The molecule has 0 aliphatic heterocycles. The molecule has 1 amide bonds. The van der Waals surface area contributed by atoms with Crippen molar-refractivity contribution in [2.75, 3.05) is 0 Å². The molecule has 5 fully saturated rings. The van der Waals surface area contributed by atoms with Gasteiger partial charge < -0.3 is 5.32 Å². The van der Waals surface area contributed by atoms with Gasteiger partial charge in [-0.05, 0) is 75.5 Å². The monoisotopic (exact) mass is 311 g/mol. The van der Waals surface area contributed by atoms with Crippen LogP contribution in [0.3, 0.4) is 0 Å². The highest BCUT2D eigenvalue weighted by molar-refractivity contribution is 5.95. The molecule has 5 aliphatic carbocycles. The number of nitrogens with one attached hydrogen (secondary N) is 1. The Hall–Kier alpha value is -1.45. The Kier molecular flexibility index (Phi) is 3.04. The van der Waals surface area contributed by atoms with Gasteiger partial charge in [0.05, 0.1) is 11.3 Å². The molecule has 0 atom stereocenters. The predicted molar refractivity (Wildman–Crippen MR) is 87.0 cm³/mol. The third kappa shape index (κ3) is 2.38. The van der Waals surface area contributed by atoms with Gasteiger partial charge in [0.2, 0.25) is 0 Å². The SMILES string of the molecule is Cc1ncc(C(=O)NC2C3CC4CC(C3)CC2C4)c(C2CC2)n1. The van der Waals surface area contributed by atoms with E-state index >= 15 is 0 Å². The van der Waals surface area contributed by atoms with Gasteiger partial charge in [-0.15, -0.1) is 0 Å². The first-order valence-electron chi connectivity index (χ1n) is 9.31. The summed E-state index contributed by atoms with van der Waals surface area (Å²) >= 11 is 0. The fourth-order valence-electron chi connectivity index (χ4n) is 5.72. The number of rotatable bonds is 3. The van der Waals surface area contributed by atoms with Crippen molar-refractivity contribution in [2.45, 2.75) is 63.8 Å². The van der Waals surface area contributed by atoms with E-state index in [9.17, 15) is 4.79 Å². The summed E-state index contributed by atoms with van der Waals surface area (Å²) in [5, 5.41) is 3.40. The number of amides is 1. The van der Waals surface area contributed by atoms with Crippen molar-refractivity contribution in [3.8, 4) is 0 Å². The fourth-order valence-corrected chi connectivity index (χ4v) is 5.72. The molecule has 4 heteroatoms. The molecular weight excluding hydrogens is 286 g/mol. The third-order valence-electron chi connectivity index (χ3n) is 6.67. The zero-order valence-electron chi connectivity index (χ0n) is 13.8. The average molecular weight is 311 g/mol. The van der Waals surface area contributed by atoms with Crippen molar-refractivity contribution in [2.24, 2.45) is 23.7 Å². The molecule has 1 N–H and O–H groups in total. The van der Waals surface area contributed by atoms with Gasteiger partial charge in [0.15, 0.2) is 0 Å². The van der Waals surface area contributed by atoms with Crippen LogP contribution in [-0.4, -0.2) is 21.9 Å². The molecule has 1 aromatic rings. The maximum Gasteiger partial charge on any atom is 0.254 e. The lowest BCUT2D eigenvalue weighted by Crippen LogP contribution is -2.55. The summed E-state index contributed by atoms with van der Waals surface area (Å²) in [7, 11) is 0. The zero-order chi connectivity index (χ0) is 15.6. The van der Waals surface area contributed by atoms with Gasteiger partial charge in [-0.1, -0.05) is 0 Å². The molecule has 0 saturated heterocycles. The second kappa shape index (κ2) is 5.02. The van der Waals surface area contributed by atoms with E-state index in [1.165, 1.54) is 32.1 Å². The molecule has 5 aliphatic rings. The van der Waals surface area contributed by atoms with Crippen molar-refractivity contribution in [3.05, 3.63) is 23.3 Å². The Labute approximate surface area is 137 Å². The summed E-state index contributed by atoms with van der Waals surface area (Å²) in [6.45, 7) is 1.91. The van der Waals surface area contributed by atoms with E-state index in [-0.39, 0.29) is 5.91 Å². The summed E-state index contributed by atoms with van der Waals surface area (Å²) < 4.78 is 0. The molecule has 4 bridgehead atoms.